The number of hydrogen-bond donors (Lipinski definition) is 0. The molecule has 0 saturated carbocycles. The summed E-state index contributed by atoms with van der Waals surface area (Å²) in [5.74, 6) is 1.92. The summed E-state index contributed by atoms with van der Waals surface area (Å²) in [5, 5.41) is 0. The Balaban J connectivity index is 2.62. The van der Waals surface area contributed by atoms with E-state index in [0.717, 1.165) is 11.1 Å². The van der Waals surface area contributed by atoms with Crippen LogP contribution in [-0.2, 0) is 0 Å². The van der Waals surface area contributed by atoms with Gasteiger partial charge in [0.2, 0.25) is 5.75 Å². The lowest BCUT2D eigenvalue weighted by Gasteiger charge is -2.15. The Labute approximate surface area is 107 Å². The molecule has 2 aromatic carbocycles. The summed E-state index contributed by atoms with van der Waals surface area (Å²) in [7, 11) is 4.83. The van der Waals surface area contributed by atoms with Gasteiger partial charge in [0.1, 0.15) is 0 Å². The van der Waals surface area contributed by atoms with Crippen LogP contribution < -0.4 is 14.2 Å². The third-order valence-corrected chi connectivity index (χ3v) is 2.73. The van der Waals surface area contributed by atoms with Gasteiger partial charge in [0.15, 0.2) is 11.5 Å². The maximum atomic E-state index is 5.45. The standard InChI is InChI=1S/C15H15O3/c1-16-13-10-9-12(11-7-5-4-6-8-11)14(17-2)15(13)18-3/h5-10H,1-3H3. The van der Waals surface area contributed by atoms with Gasteiger partial charge in [-0.1, -0.05) is 24.3 Å². The number of methoxy groups -OCH3 is 3. The van der Waals surface area contributed by atoms with E-state index in [1.54, 1.807) is 21.3 Å². The van der Waals surface area contributed by atoms with Crippen LogP contribution in [0.3, 0.4) is 0 Å². The minimum atomic E-state index is 0.602. The maximum absolute atomic E-state index is 5.45. The molecule has 0 unspecified atom stereocenters. The van der Waals surface area contributed by atoms with Crippen molar-refractivity contribution in [3.8, 4) is 28.4 Å². The molecule has 0 spiro atoms. The lowest BCUT2D eigenvalue weighted by atomic mass is 10.0. The first-order valence-electron chi connectivity index (χ1n) is 5.57. The van der Waals surface area contributed by atoms with Crippen LogP contribution in [-0.4, -0.2) is 21.3 Å². The first-order chi connectivity index (χ1) is 8.81. The van der Waals surface area contributed by atoms with Gasteiger partial charge >= 0.3 is 0 Å². The van der Waals surface area contributed by atoms with Crippen molar-refractivity contribution in [2.24, 2.45) is 0 Å². The number of rotatable bonds is 4. The van der Waals surface area contributed by atoms with E-state index in [-0.39, 0.29) is 0 Å². The van der Waals surface area contributed by atoms with E-state index in [4.69, 9.17) is 14.2 Å². The molecule has 0 N–H and O–H groups in total. The van der Waals surface area contributed by atoms with Crippen LogP contribution in [0.25, 0.3) is 11.1 Å². The van der Waals surface area contributed by atoms with Crippen LogP contribution in [0, 0.1) is 6.07 Å². The number of ether oxygens (including phenoxy) is 3. The molecule has 1 radical (unpaired) electrons. The Hall–Kier alpha value is -2.16. The minimum absolute atomic E-state index is 0.602. The van der Waals surface area contributed by atoms with Crippen molar-refractivity contribution in [2.45, 2.75) is 0 Å². The predicted molar refractivity (Wildman–Crippen MR) is 70.4 cm³/mol. The van der Waals surface area contributed by atoms with Gasteiger partial charge in [0.05, 0.1) is 21.3 Å². The molecule has 0 fully saturated rings. The third kappa shape index (κ3) is 2.12. The van der Waals surface area contributed by atoms with Crippen LogP contribution in [0.1, 0.15) is 0 Å². The largest absolute Gasteiger partial charge is 0.493 e. The van der Waals surface area contributed by atoms with Gasteiger partial charge in [0, 0.05) is 5.56 Å². The molecule has 0 aromatic heterocycles. The maximum Gasteiger partial charge on any atom is 0.203 e. The van der Waals surface area contributed by atoms with Crippen molar-refractivity contribution in [1.82, 2.24) is 0 Å². The average molecular weight is 243 g/mol. The van der Waals surface area contributed by atoms with E-state index in [1.807, 2.05) is 36.4 Å². The molecular formula is C15H15O3. The van der Waals surface area contributed by atoms with Gasteiger partial charge in [-0.3, -0.25) is 0 Å². The summed E-state index contributed by atoms with van der Waals surface area (Å²) >= 11 is 0. The number of benzene rings is 2. The highest BCUT2D eigenvalue weighted by atomic mass is 16.5. The van der Waals surface area contributed by atoms with Crippen LogP contribution in [0.4, 0.5) is 0 Å². The van der Waals surface area contributed by atoms with Crippen LogP contribution >= 0.6 is 0 Å². The monoisotopic (exact) mass is 243 g/mol. The topological polar surface area (TPSA) is 27.7 Å². The Morgan fingerprint density at radius 1 is 0.778 bits per heavy atom. The SMILES string of the molecule is COc1ccc(-c2cc[c]cc2)c(OC)c1OC. The smallest absolute Gasteiger partial charge is 0.203 e. The summed E-state index contributed by atoms with van der Waals surface area (Å²) in [5.41, 5.74) is 2.01. The van der Waals surface area contributed by atoms with Gasteiger partial charge in [0.25, 0.3) is 0 Å². The predicted octanol–water partition coefficient (Wildman–Crippen LogP) is 3.18. The van der Waals surface area contributed by atoms with Gasteiger partial charge in [-0.15, -0.1) is 0 Å². The Morgan fingerprint density at radius 3 is 2.00 bits per heavy atom. The van der Waals surface area contributed by atoms with Crippen molar-refractivity contribution >= 4 is 0 Å². The fourth-order valence-corrected chi connectivity index (χ4v) is 1.90. The number of hydrogen-bond acceptors (Lipinski definition) is 3. The van der Waals surface area contributed by atoms with E-state index in [0.29, 0.717) is 17.2 Å². The highest BCUT2D eigenvalue weighted by Gasteiger charge is 2.16. The van der Waals surface area contributed by atoms with E-state index in [2.05, 4.69) is 6.07 Å². The highest BCUT2D eigenvalue weighted by molar-refractivity contribution is 5.76. The molecule has 0 aliphatic carbocycles. The second-order valence-electron chi connectivity index (χ2n) is 3.67. The van der Waals surface area contributed by atoms with Gasteiger partial charge in [-0.2, -0.15) is 0 Å². The second kappa shape index (κ2) is 5.45. The summed E-state index contributed by atoms with van der Waals surface area (Å²) in [6, 6.07) is 14.5. The molecule has 3 nitrogen and oxygen atoms in total. The van der Waals surface area contributed by atoms with E-state index in [9.17, 15) is 0 Å². The zero-order valence-electron chi connectivity index (χ0n) is 10.7. The highest BCUT2D eigenvalue weighted by Crippen LogP contribution is 2.43. The molecule has 0 amide bonds. The summed E-state index contributed by atoms with van der Waals surface area (Å²) in [6.45, 7) is 0. The fourth-order valence-electron chi connectivity index (χ4n) is 1.90. The van der Waals surface area contributed by atoms with Crippen LogP contribution in [0.15, 0.2) is 36.4 Å². The Bertz CT molecular complexity index is 521. The average Bonchev–Trinajstić information content (AvgIpc) is 2.46. The molecule has 0 bridgehead atoms. The molecular weight excluding hydrogens is 228 g/mol. The van der Waals surface area contributed by atoms with Crippen molar-refractivity contribution in [1.29, 1.82) is 0 Å². The molecule has 0 atom stereocenters. The fraction of sp³-hybridized carbons (Fsp3) is 0.200. The molecule has 2 rings (SSSR count). The molecule has 0 aliphatic rings. The second-order valence-corrected chi connectivity index (χ2v) is 3.67. The van der Waals surface area contributed by atoms with E-state index < -0.39 is 0 Å². The van der Waals surface area contributed by atoms with Gasteiger partial charge in [-0.25, -0.2) is 0 Å². The zero-order chi connectivity index (χ0) is 13.0. The van der Waals surface area contributed by atoms with Crippen molar-refractivity contribution in [3.05, 3.63) is 42.5 Å². The molecule has 0 heterocycles. The molecule has 0 aliphatic heterocycles. The third-order valence-electron chi connectivity index (χ3n) is 2.73. The quantitative estimate of drug-likeness (QED) is 0.825. The summed E-state index contributed by atoms with van der Waals surface area (Å²) < 4.78 is 16.1. The Kier molecular flexibility index (Phi) is 3.72. The van der Waals surface area contributed by atoms with Gasteiger partial charge in [-0.05, 0) is 23.8 Å². The molecule has 93 valence electrons. The summed E-state index contributed by atoms with van der Waals surface area (Å²) in [4.78, 5) is 0. The van der Waals surface area contributed by atoms with Crippen LogP contribution in [0.5, 0.6) is 17.2 Å². The first-order valence-corrected chi connectivity index (χ1v) is 5.57. The minimum Gasteiger partial charge on any atom is -0.493 e. The van der Waals surface area contributed by atoms with Crippen LogP contribution in [0.2, 0.25) is 0 Å². The van der Waals surface area contributed by atoms with Gasteiger partial charge < -0.3 is 14.2 Å². The zero-order valence-corrected chi connectivity index (χ0v) is 10.7. The van der Waals surface area contributed by atoms with Crippen molar-refractivity contribution < 1.29 is 14.2 Å². The van der Waals surface area contributed by atoms with Crippen molar-refractivity contribution in [3.63, 3.8) is 0 Å². The lowest BCUT2D eigenvalue weighted by Crippen LogP contribution is -1.96. The normalized spacial score (nSPS) is 9.94. The molecule has 0 saturated heterocycles. The lowest BCUT2D eigenvalue weighted by molar-refractivity contribution is 0.325. The summed E-state index contributed by atoms with van der Waals surface area (Å²) in [6.07, 6.45) is 0. The van der Waals surface area contributed by atoms with Crippen molar-refractivity contribution in [2.75, 3.05) is 21.3 Å². The first kappa shape index (κ1) is 12.3. The van der Waals surface area contributed by atoms with E-state index in [1.165, 1.54) is 0 Å². The Morgan fingerprint density at radius 2 is 1.44 bits per heavy atom. The molecule has 3 heteroatoms. The van der Waals surface area contributed by atoms with E-state index >= 15 is 0 Å². The molecule has 18 heavy (non-hydrogen) atoms. The molecule has 2 aromatic rings.